The van der Waals surface area contributed by atoms with Crippen LogP contribution in [0.4, 0.5) is 0 Å². The number of aliphatic carboxylic acids is 1. The van der Waals surface area contributed by atoms with E-state index >= 15 is 0 Å². The van der Waals surface area contributed by atoms with Crippen molar-refractivity contribution in [1.82, 2.24) is 5.32 Å². The number of carboxylic acids is 1. The van der Waals surface area contributed by atoms with E-state index in [4.69, 9.17) is 0 Å². The van der Waals surface area contributed by atoms with E-state index in [1.807, 2.05) is 0 Å². The third-order valence-electron chi connectivity index (χ3n) is 1.36. The molecule has 76 valence electrons. The largest absolute Gasteiger partial charge is 0.548 e. The van der Waals surface area contributed by atoms with Gasteiger partial charge in [0.2, 0.25) is 5.91 Å². The third-order valence-corrected chi connectivity index (χ3v) is 2.17. The lowest BCUT2D eigenvalue weighted by atomic mass is 10.2. The van der Waals surface area contributed by atoms with Crippen molar-refractivity contribution in [3.05, 3.63) is 0 Å². The zero-order valence-corrected chi connectivity index (χ0v) is 8.35. The predicted molar refractivity (Wildman–Crippen MR) is 46.2 cm³/mol. The molecule has 0 aromatic rings. The first-order valence-corrected chi connectivity index (χ1v) is 5.44. The quantitative estimate of drug-likeness (QED) is 0.564. The summed E-state index contributed by atoms with van der Waals surface area (Å²) in [6, 6.07) is -1.04. The zero-order chi connectivity index (χ0) is 10.4. The average Bonchev–Trinajstić information content (AvgIpc) is 1.96. The van der Waals surface area contributed by atoms with Crippen LogP contribution < -0.4 is 10.4 Å². The first kappa shape index (κ1) is 12.1. The molecule has 0 heterocycles. The molecule has 0 aromatic heterocycles. The van der Waals surface area contributed by atoms with Gasteiger partial charge in [-0.2, -0.15) is 0 Å². The van der Waals surface area contributed by atoms with Crippen LogP contribution in [0.2, 0.25) is 0 Å². The highest BCUT2D eigenvalue weighted by molar-refractivity contribution is 7.84. The molecule has 6 heteroatoms. The second-order valence-corrected chi connectivity index (χ2v) is 4.19. The number of carbonyl (C=O) groups excluding carboxylic acids is 2. The number of rotatable bonds is 5. The lowest BCUT2D eigenvalue weighted by Crippen LogP contribution is -2.47. The summed E-state index contributed by atoms with van der Waals surface area (Å²) < 4.78 is 10.6. The van der Waals surface area contributed by atoms with Crippen LogP contribution in [0.5, 0.6) is 0 Å². The number of hydrogen-bond acceptors (Lipinski definition) is 4. The summed E-state index contributed by atoms with van der Waals surface area (Å²) in [5, 5.41) is 12.6. The van der Waals surface area contributed by atoms with Gasteiger partial charge in [-0.25, -0.2) is 0 Å². The van der Waals surface area contributed by atoms with Crippen LogP contribution in [0.25, 0.3) is 0 Å². The molecule has 1 N–H and O–H groups in total. The van der Waals surface area contributed by atoms with E-state index in [-0.39, 0.29) is 12.2 Å². The van der Waals surface area contributed by atoms with Crippen molar-refractivity contribution in [2.24, 2.45) is 0 Å². The fourth-order valence-electron chi connectivity index (χ4n) is 0.778. The molecule has 1 amide bonds. The molecule has 0 radical (unpaired) electrons. The summed E-state index contributed by atoms with van der Waals surface area (Å²) in [5.41, 5.74) is 0. The van der Waals surface area contributed by atoms with E-state index in [9.17, 15) is 18.9 Å². The molecule has 5 nitrogen and oxygen atoms in total. The molecule has 0 bridgehead atoms. The van der Waals surface area contributed by atoms with Crippen LogP contribution in [0.15, 0.2) is 0 Å². The van der Waals surface area contributed by atoms with E-state index in [0.717, 1.165) is 0 Å². The van der Waals surface area contributed by atoms with Crippen molar-refractivity contribution in [1.29, 1.82) is 0 Å². The van der Waals surface area contributed by atoms with Gasteiger partial charge in [-0.15, -0.1) is 0 Å². The topological polar surface area (TPSA) is 86.3 Å². The molecule has 2 atom stereocenters. The SMILES string of the molecule is CC(=O)N[C@@H](CC[S@](C)=O)C(=O)[O-]. The molecule has 0 aliphatic heterocycles. The van der Waals surface area contributed by atoms with Crippen molar-refractivity contribution >= 4 is 22.7 Å². The van der Waals surface area contributed by atoms with Crippen molar-refractivity contribution in [2.45, 2.75) is 19.4 Å². The average molecular weight is 206 g/mol. The Morgan fingerprint density at radius 3 is 2.38 bits per heavy atom. The Labute approximate surface area is 79.0 Å². The molecule has 0 saturated heterocycles. The maximum absolute atomic E-state index is 10.6. The van der Waals surface area contributed by atoms with Crippen molar-refractivity contribution in [3.63, 3.8) is 0 Å². The lowest BCUT2D eigenvalue weighted by Gasteiger charge is -2.17. The van der Waals surface area contributed by atoms with Gasteiger partial charge in [0.15, 0.2) is 0 Å². The van der Waals surface area contributed by atoms with Gasteiger partial charge < -0.3 is 15.2 Å². The number of carbonyl (C=O) groups is 2. The molecule has 0 aliphatic carbocycles. The van der Waals surface area contributed by atoms with Crippen molar-refractivity contribution < 1.29 is 18.9 Å². The molecule has 0 aliphatic rings. The summed E-state index contributed by atoms with van der Waals surface area (Å²) >= 11 is 0. The molecule has 13 heavy (non-hydrogen) atoms. The first-order valence-electron chi connectivity index (χ1n) is 3.71. The molecule has 0 fully saturated rings. The monoisotopic (exact) mass is 206 g/mol. The normalized spacial score (nSPS) is 14.6. The summed E-state index contributed by atoms with van der Waals surface area (Å²) in [4.78, 5) is 20.9. The van der Waals surface area contributed by atoms with Crippen molar-refractivity contribution in [2.75, 3.05) is 12.0 Å². The smallest absolute Gasteiger partial charge is 0.217 e. The standard InChI is InChI=1S/C7H13NO4S/c1-5(9)8-6(7(10)11)3-4-13(2)12/h6H,3-4H2,1-2H3,(H,8,9)(H,10,11)/p-1/t6-,13-/m0/s1. The molecule has 0 spiro atoms. The minimum absolute atomic E-state index is 0.130. The van der Waals surface area contributed by atoms with Crippen LogP contribution in [-0.2, 0) is 20.4 Å². The van der Waals surface area contributed by atoms with Crippen molar-refractivity contribution in [3.8, 4) is 0 Å². The van der Waals surface area contributed by atoms with Crippen LogP contribution in [0, 0.1) is 0 Å². The highest BCUT2D eigenvalue weighted by Crippen LogP contribution is 1.92. The molecule has 0 unspecified atom stereocenters. The first-order chi connectivity index (χ1) is 5.93. The van der Waals surface area contributed by atoms with Gasteiger partial charge in [0.25, 0.3) is 0 Å². The summed E-state index contributed by atoms with van der Waals surface area (Å²) in [5.74, 6) is -1.55. The second-order valence-electron chi connectivity index (χ2n) is 2.64. The molecular weight excluding hydrogens is 194 g/mol. The zero-order valence-electron chi connectivity index (χ0n) is 7.53. The minimum Gasteiger partial charge on any atom is -0.548 e. The Bertz CT molecular complexity index is 229. The summed E-state index contributed by atoms with van der Waals surface area (Å²) in [6.07, 6.45) is 1.60. The Hall–Kier alpha value is -0.910. The Kier molecular flexibility index (Phi) is 5.29. The van der Waals surface area contributed by atoms with Gasteiger partial charge in [0.1, 0.15) is 0 Å². The van der Waals surface area contributed by atoms with Gasteiger partial charge in [-0.1, -0.05) is 0 Å². The second kappa shape index (κ2) is 5.69. The minimum atomic E-state index is -1.35. The molecule has 0 rings (SSSR count). The number of nitrogens with one attached hydrogen (secondary N) is 1. The Morgan fingerprint density at radius 1 is 1.54 bits per heavy atom. The van der Waals surface area contributed by atoms with E-state index < -0.39 is 28.7 Å². The van der Waals surface area contributed by atoms with Gasteiger partial charge in [-0.05, 0) is 6.42 Å². The van der Waals surface area contributed by atoms with E-state index in [1.54, 1.807) is 0 Å². The lowest BCUT2D eigenvalue weighted by molar-refractivity contribution is -0.308. The summed E-state index contributed by atoms with van der Waals surface area (Å²) in [6.45, 7) is 1.22. The highest BCUT2D eigenvalue weighted by Gasteiger charge is 2.11. The number of amides is 1. The maximum Gasteiger partial charge on any atom is 0.217 e. The van der Waals surface area contributed by atoms with Gasteiger partial charge in [-0.3, -0.25) is 9.00 Å². The predicted octanol–water partition coefficient (Wildman–Crippen LogP) is -1.99. The van der Waals surface area contributed by atoms with Crippen LogP contribution in [-0.4, -0.2) is 34.1 Å². The fraction of sp³-hybridized carbons (Fsp3) is 0.714. The Morgan fingerprint density at radius 2 is 2.08 bits per heavy atom. The van der Waals surface area contributed by atoms with Crippen LogP contribution in [0.1, 0.15) is 13.3 Å². The maximum atomic E-state index is 10.6. The van der Waals surface area contributed by atoms with E-state index in [0.29, 0.717) is 0 Å². The van der Waals surface area contributed by atoms with Gasteiger partial charge in [0, 0.05) is 29.7 Å². The highest BCUT2D eigenvalue weighted by atomic mass is 32.2. The number of hydrogen-bond donors (Lipinski definition) is 1. The van der Waals surface area contributed by atoms with Gasteiger partial charge in [0.05, 0.1) is 12.0 Å². The van der Waals surface area contributed by atoms with E-state index in [1.165, 1.54) is 13.2 Å². The number of carboxylic acid groups (broad SMARTS) is 1. The van der Waals surface area contributed by atoms with Crippen LogP contribution in [0.3, 0.4) is 0 Å². The summed E-state index contributed by atoms with van der Waals surface area (Å²) in [7, 11) is -1.06. The van der Waals surface area contributed by atoms with Crippen LogP contribution >= 0.6 is 0 Å². The molecule has 0 saturated carbocycles. The molecule has 0 aromatic carbocycles. The van der Waals surface area contributed by atoms with Gasteiger partial charge >= 0.3 is 0 Å². The Balaban J connectivity index is 4.02. The molecular formula is C7H12NO4S-. The third kappa shape index (κ3) is 6.27. The fourth-order valence-corrected chi connectivity index (χ4v) is 1.35. The van der Waals surface area contributed by atoms with E-state index in [2.05, 4.69) is 5.32 Å².